The summed E-state index contributed by atoms with van der Waals surface area (Å²) in [5, 5.41) is 8.50. The minimum absolute atomic E-state index is 0.0304. The zero-order chi connectivity index (χ0) is 13.3. The first-order chi connectivity index (χ1) is 8.33. The highest BCUT2D eigenvalue weighted by molar-refractivity contribution is 6.32. The van der Waals surface area contributed by atoms with E-state index in [0.717, 1.165) is 0 Å². The Labute approximate surface area is 115 Å². The maximum absolute atomic E-state index is 5.82. The normalized spacial score (nSPS) is 11.8. The average Bonchev–Trinajstić information content (AvgIpc) is 2.61. The summed E-state index contributed by atoms with van der Waals surface area (Å²) in [4.78, 5) is 3.86. The molecule has 6 heteroatoms. The topological polar surface area (TPSA) is 51.8 Å². The highest BCUT2D eigenvalue weighted by atomic mass is 35.5. The first-order valence-corrected chi connectivity index (χ1v) is 6.12. The molecule has 0 spiro atoms. The van der Waals surface area contributed by atoms with Gasteiger partial charge in [-0.15, -0.1) is 10.2 Å². The molecule has 0 aliphatic heterocycles. The van der Waals surface area contributed by atoms with Crippen LogP contribution in [0.15, 0.2) is 16.5 Å². The van der Waals surface area contributed by atoms with Gasteiger partial charge in [0.1, 0.15) is 10.3 Å². The Morgan fingerprint density at radius 3 is 2.28 bits per heavy atom. The van der Waals surface area contributed by atoms with E-state index in [0.29, 0.717) is 17.3 Å². The SMILES string of the molecule is CC(C)(C)[CH]c1nnc(-c2cc(Cl)nc(Cl)c2)o1. The molecule has 18 heavy (non-hydrogen) atoms. The number of halogens is 2. The van der Waals surface area contributed by atoms with E-state index in [1.165, 1.54) is 0 Å². The highest BCUT2D eigenvalue weighted by Gasteiger charge is 2.18. The average molecular weight is 285 g/mol. The van der Waals surface area contributed by atoms with Gasteiger partial charge >= 0.3 is 0 Å². The monoisotopic (exact) mass is 284 g/mol. The Bertz CT molecular complexity index is 540. The predicted octanol–water partition coefficient (Wildman–Crippen LogP) is 4.04. The molecule has 2 aromatic heterocycles. The molecular weight excluding hydrogens is 273 g/mol. The zero-order valence-electron chi connectivity index (χ0n) is 10.2. The smallest absolute Gasteiger partial charge is 0.247 e. The summed E-state index contributed by atoms with van der Waals surface area (Å²) >= 11 is 11.6. The Morgan fingerprint density at radius 1 is 1.11 bits per heavy atom. The number of hydrogen-bond acceptors (Lipinski definition) is 4. The number of pyridine rings is 1. The Balaban J connectivity index is 2.29. The van der Waals surface area contributed by atoms with Crippen LogP contribution in [-0.4, -0.2) is 15.2 Å². The number of hydrogen-bond donors (Lipinski definition) is 0. The number of rotatable bonds is 2. The molecule has 0 bridgehead atoms. The summed E-state index contributed by atoms with van der Waals surface area (Å²) < 4.78 is 5.53. The maximum Gasteiger partial charge on any atom is 0.247 e. The minimum Gasteiger partial charge on any atom is -0.420 e. The van der Waals surface area contributed by atoms with Crippen LogP contribution in [0.3, 0.4) is 0 Å². The zero-order valence-corrected chi connectivity index (χ0v) is 11.7. The van der Waals surface area contributed by atoms with Gasteiger partial charge in [-0.3, -0.25) is 0 Å². The standard InChI is InChI=1S/C12H12Cl2N3O/c1-12(2,3)6-10-16-17-11(18-10)7-4-8(13)15-9(14)5-7/h4-6H,1-3H3. The van der Waals surface area contributed by atoms with E-state index in [2.05, 4.69) is 36.0 Å². The Kier molecular flexibility index (Phi) is 3.59. The molecular formula is C12H12Cl2N3O. The summed E-state index contributed by atoms with van der Waals surface area (Å²) in [6.07, 6.45) is 1.90. The molecule has 2 heterocycles. The molecule has 0 saturated heterocycles. The molecule has 95 valence electrons. The second-order valence-electron chi connectivity index (χ2n) is 4.96. The van der Waals surface area contributed by atoms with Gasteiger partial charge in [0.25, 0.3) is 0 Å². The van der Waals surface area contributed by atoms with Crippen molar-refractivity contribution in [2.45, 2.75) is 20.8 Å². The predicted molar refractivity (Wildman–Crippen MR) is 70.4 cm³/mol. The van der Waals surface area contributed by atoms with E-state index in [1.807, 2.05) is 6.42 Å². The first-order valence-electron chi connectivity index (χ1n) is 5.36. The first kappa shape index (κ1) is 13.3. The summed E-state index contributed by atoms with van der Waals surface area (Å²) in [6, 6.07) is 3.25. The van der Waals surface area contributed by atoms with Gasteiger partial charge in [-0.05, 0) is 17.5 Å². The van der Waals surface area contributed by atoms with Crippen molar-refractivity contribution in [3.63, 3.8) is 0 Å². The van der Waals surface area contributed by atoms with Gasteiger partial charge in [0.15, 0.2) is 0 Å². The van der Waals surface area contributed by atoms with E-state index >= 15 is 0 Å². The third-order valence-electron chi connectivity index (χ3n) is 2.01. The lowest BCUT2D eigenvalue weighted by Crippen LogP contribution is -2.06. The molecule has 0 unspecified atom stereocenters. The van der Waals surface area contributed by atoms with Gasteiger partial charge in [0.2, 0.25) is 11.8 Å². The molecule has 0 aliphatic rings. The van der Waals surface area contributed by atoms with E-state index in [-0.39, 0.29) is 15.7 Å². The van der Waals surface area contributed by atoms with Crippen molar-refractivity contribution in [2.24, 2.45) is 5.41 Å². The van der Waals surface area contributed by atoms with E-state index in [4.69, 9.17) is 27.6 Å². The van der Waals surface area contributed by atoms with Crippen LogP contribution in [0.1, 0.15) is 26.7 Å². The van der Waals surface area contributed by atoms with Gasteiger partial charge in [-0.25, -0.2) is 4.98 Å². The largest absolute Gasteiger partial charge is 0.420 e. The van der Waals surface area contributed by atoms with Gasteiger partial charge in [0.05, 0.1) is 6.42 Å². The quantitative estimate of drug-likeness (QED) is 0.781. The van der Waals surface area contributed by atoms with Crippen LogP contribution in [0.5, 0.6) is 0 Å². The van der Waals surface area contributed by atoms with Crippen molar-refractivity contribution < 1.29 is 4.42 Å². The summed E-state index contributed by atoms with van der Waals surface area (Å²) in [6.45, 7) is 6.16. The second kappa shape index (κ2) is 4.86. The molecule has 2 aromatic rings. The third-order valence-corrected chi connectivity index (χ3v) is 2.39. The molecule has 0 atom stereocenters. The van der Waals surface area contributed by atoms with Crippen LogP contribution in [0.25, 0.3) is 11.5 Å². The number of aromatic nitrogens is 3. The summed E-state index contributed by atoms with van der Waals surface area (Å²) in [7, 11) is 0. The van der Waals surface area contributed by atoms with E-state index in [1.54, 1.807) is 12.1 Å². The van der Waals surface area contributed by atoms with Gasteiger partial charge in [-0.2, -0.15) is 0 Å². The van der Waals surface area contributed by atoms with E-state index < -0.39 is 0 Å². The van der Waals surface area contributed by atoms with Gasteiger partial charge in [0, 0.05) is 5.56 Å². The van der Waals surface area contributed by atoms with Crippen LogP contribution in [0.4, 0.5) is 0 Å². The fourth-order valence-electron chi connectivity index (χ4n) is 1.37. The van der Waals surface area contributed by atoms with Crippen molar-refractivity contribution in [3.8, 4) is 11.5 Å². The third kappa shape index (κ3) is 3.43. The molecule has 0 N–H and O–H groups in total. The molecule has 4 nitrogen and oxygen atoms in total. The van der Waals surface area contributed by atoms with Crippen LogP contribution < -0.4 is 0 Å². The molecule has 0 saturated carbocycles. The van der Waals surface area contributed by atoms with Crippen molar-refractivity contribution in [1.82, 2.24) is 15.2 Å². The van der Waals surface area contributed by atoms with Crippen LogP contribution >= 0.6 is 23.2 Å². The lowest BCUT2D eigenvalue weighted by atomic mass is 9.92. The lowest BCUT2D eigenvalue weighted by Gasteiger charge is -2.13. The molecule has 0 amide bonds. The minimum atomic E-state index is -0.0304. The molecule has 0 aliphatic carbocycles. The van der Waals surface area contributed by atoms with Crippen molar-refractivity contribution in [2.75, 3.05) is 0 Å². The molecule has 1 radical (unpaired) electrons. The van der Waals surface area contributed by atoms with Crippen LogP contribution in [0, 0.1) is 11.8 Å². The van der Waals surface area contributed by atoms with Crippen LogP contribution in [-0.2, 0) is 0 Å². The lowest BCUT2D eigenvalue weighted by molar-refractivity contribution is 0.447. The fraction of sp³-hybridized carbons (Fsp3) is 0.333. The fourth-order valence-corrected chi connectivity index (χ4v) is 1.83. The molecule has 2 rings (SSSR count). The van der Waals surface area contributed by atoms with Crippen molar-refractivity contribution >= 4 is 23.2 Å². The Hall–Kier alpha value is -1.13. The second-order valence-corrected chi connectivity index (χ2v) is 5.73. The maximum atomic E-state index is 5.82. The van der Waals surface area contributed by atoms with Crippen molar-refractivity contribution in [3.05, 3.63) is 34.8 Å². The molecule has 0 fully saturated rings. The van der Waals surface area contributed by atoms with Crippen molar-refractivity contribution in [1.29, 1.82) is 0 Å². The summed E-state index contributed by atoms with van der Waals surface area (Å²) in [5.41, 5.74) is 0.623. The Morgan fingerprint density at radius 2 is 1.72 bits per heavy atom. The molecule has 0 aromatic carbocycles. The number of nitrogens with zero attached hydrogens (tertiary/aromatic N) is 3. The summed E-state index contributed by atoms with van der Waals surface area (Å²) in [5.74, 6) is 0.846. The highest BCUT2D eigenvalue weighted by Crippen LogP contribution is 2.27. The van der Waals surface area contributed by atoms with Gasteiger partial charge < -0.3 is 4.42 Å². The van der Waals surface area contributed by atoms with E-state index in [9.17, 15) is 0 Å². The van der Waals surface area contributed by atoms with Crippen LogP contribution in [0.2, 0.25) is 10.3 Å². The van der Waals surface area contributed by atoms with Gasteiger partial charge in [-0.1, -0.05) is 44.0 Å².